The number of urea groups is 1. The lowest BCUT2D eigenvalue weighted by Gasteiger charge is -2.22. The van der Waals surface area contributed by atoms with E-state index in [0.717, 1.165) is 0 Å². The summed E-state index contributed by atoms with van der Waals surface area (Å²) in [5.41, 5.74) is 5.15. The SMILES string of the molecule is CC(CN)NC(=O)NC(C)(C)C. The van der Waals surface area contributed by atoms with Gasteiger partial charge in [0.1, 0.15) is 0 Å². The lowest BCUT2D eigenvalue weighted by Crippen LogP contribution is -2.50. The van der Waals surface area contributed by atoms with Crippen molar-refractivity contribution in [2.24, 2.45) is 5.73 Å². The number of amides is 2. The van der Waals surface area contributed by atoms with Crippen molar-refractivity contribution in [3.63, 3.8) is 0 Å². The molecule has 4 N–H and O–H groups in total. The molecule has 0 heterocycles. The molecule has 12 heavy (non-hydrogen) atoms. The van der Waals surface area contributed by atoms with Crippen molar-refractivity contribution in [3.8, 4) is 0 Å². The summed E-state index contributed by atoms with van der Waals surface area (Å²) in [5.74, 6) is 0. The molecule has 0 bridgehead atoms. The Bertz CT molecular complexity index is 151. The molecule has 1 unspecified atom stereocenters. The molecule has 0 fully saturated rings. The largest absolute Gasteiger partial charge is 0.334 e. The summed E-state index contributed by atoms with van der Waals surface area (Å²) < 4.78 is 0. The highest BCUT2D eigenvalue weighted by Gasteiger charge is 2.14. The van der Waals surface area contributed by atoms with Crippen LogP contribution in [0.1, 0.15) is 27.7 Å². The topological polar surface area (TPSA) is 67.1 Å². The number of nitrogens with two attached hydrogens (primary N) is 1. The zero-order valence-electron chi connectivity index (χ0n) is 8.27. The summed E-state index contributed by atoms with van der Waals surface area (Å²) in [6.45, 7) is 8.11. The van der Waals surface area contributed by atoms with Gasteiger partial charge in [0.05, 0.1) is 0 Å². The molecule has 0 radical (unpaired) electrons. The van der Waals surface area contributed by atoms with Crippen LogP contribution in [0.2, 0.25) is 0 Å². The minimum atomic E-state index is -0.196. The van der Waals surface area contributed by atoms with Crippen LogP contribution in [0.15, 0.2) is 0 Å². The van der Waals surface area contributed by atoms with E-state index in [2.05, 4.69) is 10.6 Å². The first kappa shape index (κ1) is 11.2. The Labute approximate surface area is 73.9 Å². The van der Waals surface area contributed by atoms with E-state index in [1.807, 2.05) is 27.7 Å². The second-order valence-corrected chi connectivity index (χ2v) is 3.99. The highest BCUT2D eigenvalue weighted by molar-refractivity contribution is 5.74. The van der Waals surface area contributed by atoms with Crippen molar-refractivity contribution in [1.29, 1.82) is 0 Å². The van der Waals surface area contributed by atoms with Crippen molar-refractivity contribution in [2.45, 2.75) is 39.3 Å². The predicted molar refractivity (Wildman–Crippen MR) is 49.9 cm³/mol. The maximum Gasteiger partial charge on any atom is 0.315 e. The normalized spacial score (nSPS) is 13.8. The average molecular weight is 173 g/mol. The Kier molecular flexibility index (Phi) is 4.03. The van der Waals surface area contributed by atoms with Crippen LogP contribution in [0.4, 0.5) is 4.79 Å². The van der Waals surface area contributed by atoms with Crippen LogP contribution in [0.3, 0.4) is 0 Å². The Morgan fingerprint density at radius 3 is 2.33 bits per heavy atom. The van der Waals surface area contributed by atoms with Crippen LogP contribution < -0.4 is 16.4 Å². The predicted octanol–water partition coefficient (Wildman–Crippen LogP) is 0.431. The van der Waals surface area contributed by atoms with Gasteiger partial charge in [-0.15, -0.1) is 0 Å². The summed E-state index contributed by atoms with van der Waals surface area (Å²) in [6, 6.07) is -0.146. The lowest BCUT2D eigenvalue weighted by molar-refractivity contribution is 0.229. The van der Waals surface area contributed by atoms with Crippen LogP contribution in [0, 0.1) is 0 Å². The molecule has 0 spiro atoms. The van der Waals surface area contributed by atoms with Gasteiger partial charge in [0, 0.05) is 18.1 Å². The zero-order valence-corrected chi connectivity index (χ0v) is 8.27. The van der Waals surface area contributed by atoms with Gasteiger partial charge in [-0.25, -0.2) is 4.79 Å². The highest BCUT2D eigenvalue weighted by atomic mass is 16.2. The van der Waals surface area contributed by atoms with Gasteiger partial charge >= 0.3 is 6.03 Å². The third kappa shape index (κ3) is 5.97. The first-order chi connectivity index (χ1) is 5.35. The van der Waals surface area contributed by atoms with E-state index in [9.17, 15) is 4.79 Å². The molecule has 4 nitrogen and oxygen atoms in total. The van der Waals surface area contributed by atoms with Gasteiger partial charge in [-0.1, -0.05) is 0 Å². The number of hydrogen-bond acceptors (Lipinski definition) is 2. The quantitative estimate of drug-likeness (QED) is 0.567. The molecular weight excluding hydrogens is 154 g/mol. The number of carbonyl (C=O) groups excluding carboxylic acids is 1. The maximum atomic E-state index is 11.2. The van der Waals surface area contributed by atoms with Crippen molar-refractivity contribution >= 4 is 6.03 Å². The molecule has 2 amide bonds. The molecule has 4 heteroatoms. The Morgan fingerprint density at radius 1 is 1.50 bits per heavy atom. The molecule has 0 aliphatic rings. The molecule has 0 saturated carbocycles. The maximum absolute atomic E-state index is 11.2. The molecule has 0 aromatic heterocycles. The van der Waals surface area contributed by atoms with Crippen LogP contribution >= 0.6 is 0 Å². The molecule has 1 atom stereocenters. The van der Waals surface area contributed by atoms with Gasteiger partial charge in [0.25, 0.3) is 0 Å². The van der Waals surface area contributed by atoms with Crippen LogP contribution in [0.25, 0.3) is 0 Å². The van der Waals surface area contributed by atoms with Crippen molar-refractivity contribution in [1.82, 2.24) is 10.6 Å². The van der Waals surface area contributed by atoms with Gasteiger partial charge in [0.15, 0.2) is 0 Å². The smallest absolute Gasteiger partial charge is 0.315 e. The van der Waals surface area contributed by atoms with E-state index in [1.165, 1.54) is 0 Å². The minimum absolute atomic E-state index is 0.0207. The molecule has 72 valence electrons. The number of carbonyl (C=O) groups is 1. The van der Waals surface area contributed by atoms with E-state index < -0.39 is 0 Å². The highest BCUT2D eigenvalue weighted by Crippen LogP contribution is 1.97. The molecule has 0 saturated heterocycles. The Balaban J connectivity index is 3.75. The van der Waals surface area contributed by atoms with Crippen molar-refractivity contribution in [2.75, 3.05) is 6.54 Å². The zero-order chi connectivity index (χ0) is 9.78. The van der Waals surface area contributed by atoms with Gasteiger partial charge in [-0.2, -0.15) is 0 Å². The van der Waals surface area contributed by atoms with Gasteiger partial charge in [0.2, 0.25) is 0 Å². The van der Waals surface area contributed by atoms with E-state index >= 15 is 0 Å². The molecule has 0 aliphatic carbocycles. The van der Waals surface area contributed by atoms with Crippen LogP contribution in [-0.2, 0) is 0 Å². The summed E-state index contributed by atoms with van der Waals surface area (Å²) in [5, 5.41) is 5.49. The Hall–Kier alpha value is -0.770. The monoisotopic (exact) mass is 173 g/mol. The van der Waals surface area contributed by atoms with E-state index in [4.69, 9.17) is 5.73 Å². The Morgan fingerprint density at radius 2 is 2.00 bits per heavy atom. The summed E-state index contributed by atoms with van der Waals surface area (Å²) in [7, 11) is 0. The first-order valence-electron chi connectivity index (χ1n) is 4.14. The van der Waals surface area contributed by atoms with Crippen molar-refractivity contribution < 1.29 is 4.79 Å². The fraction of sp³-hybridized carbons (Fsp3) is 0.875. The molecule has 0 rings (SSSR count). The third-order valence-corrected chi connectivity index (χ3v) is 1.22. The third-order valence-electron chi connectivity index (χ3n) is 1.22. The van der Waals surface area contributed by atoms with Gasteiger partial charge < -0.3 is 16.4 Å². The first-order valence-corrected chi connectivity index (χ1v) is 4.14. The lowest BCUT2D eigenvalue weighted by atomic mass is 10.1. The molecule has 0 aromatic carbocycles. The fourth-order valence-electron chi connectivity index (χ4n) is 0.659. The fourth-order valence-corrected chi connectivity index (χ4v) is 0.659. The number of rotatable bonds is 2. The second-order valence-electron chi connectivity index (χ2n) is 3.99. The summed E-state index contributed by atoms with van der Waals surface area (Å²) in [4.78, 5) is 11.2. The van der Waals surface area contributed by atoms with E-state index in [-0.39, 0.29) is 17.6 Å². The van der Waals surface area contributed by atoms with Crippen LogP contribution in [-0.4, -0.2) is 24.2 Å². The van der Waals surface area contributed by atoms with Gasteiger partial charge in [-0.3, -0.25) is 0 Å². The van der Waals surface area contributed by atoms with Crippen LogP contribution in [0.5, 0.6) is 0 Å². The summed E-state index contributed by atoms with van der Waals surface area (Å²) in [6.07, 6.45) is 0. The number of hydrogen-bond donors (Lipinski definition) is 3. The van der Waals surface area contributed by atoms with E-state index in [0.29, 0.717) is 6.54 Å². The molecular formula is C8H19N3O. The average Bonchev–Trinajstić information content (AvgIpc) is 1.82. The molecule has 0 aliphatic heterocycles. The number of nitrogens with one attached hydrogen (secondary N) is 2. The van der Waals surface area contributed by atoms with Gasteiger partial charge in [-0.05, 0) is 27.7 Å². The molecule has 0 aromatic rings. The minimum Gasteiger partial charge on any atom is -0.334 e. The van der Waals surface area contributed by atoms with E-state index in [1.54, 1.807) is 0 Å². The standard InChI is InChI=1S/C8H19N3O/c1-6(5-9)10-7(12)11-8(2,3)4/h6H,5,9H2,1-4H3,(H2,10,11,12). The van der Waals surface area contributed by atoms with Crippen molar-refractivity contribution in [3.05, 3.63) is 0 Å². The second kappa shape index (κ2) is 4.30. The summed E-state index contributed by atoms with van der Waals surface area (Å²) >= 11 is 0.